The molecule has 0 radical (unpaired) electrons. The van der Waals surface area contributed by atoms with Crippen LogP contribution in [-0.2, 0) is 10.5 Å². The number of nitrogens with zero attached hydrogens (tertiary/aromatic N) is 3. The van der Waals surface area contributed by atoms with E-state index in [4.69, 9.17) is 4.74 Å². The van der Waals surface area contributed by atoms with E-state index < -0.39 is 10.8 Å². The molecule has 1 N–H and O–H groups in total. The molecule has 27 heavy (non-hydrogen) atoms. The molecule has 0 aliphatic rings. The van der Waals surface area contributed by atoms with Gasteiger partial charge in [0.25, 0.3) is 11.6 Å². The number of benzene rings is 2. The largest absolute Gasteiger partial charge is 0.484 e. The van der Waals surface area contributed by atoms with Crippen LogP contribution < -0.4 is 10.1 Å². The molecule has 138 valence electrons. The van der Waals surface area contributed by atoms with Crippen molar-refractivity contribution in [3.63, 3.8) is 0 Å². The van der Waals surface area contributed by atoms with Gasteiger partial charge in [0.2, 0.25) is 5.13 Å². The zero-order valence-corrected chi connectivity index (χ0v) is 15.5. The van der Waals surface area contributed by atoms with Crippen LogP contribution in [0.5, 0.6) is 5.75 Å². The summed E-state index contributed by atoms with van der Waals surface area (Å²) in [6.07, 6.45) is 0. The number of hydrogen-bond donors (Lipinski definition) is 1. The average molecular weight is 402 g/mol. The number of nitro groups is 1. The first-order valence-corrected chi connectivity index (χ1v) is 9.58. The van der Waals surface area contributed by atoms with Gasteiger partial charge in [0.05, 0.1) is 11.0 Å². The molecule has 8 nitrogen and oxygen atoms in total. The fourth-order valence-corrected chi connectivity index (χ4v) is 3.75. The van der Waals surface area contributed by atoms with Crippen molar-refractivity contribution in [2.45, 2.75) is 10.1 Å². The molecule has 0 spiro atoms. The number of thioether (sulfide) groups is 1. The van der Waals surface area contributed by atoms with Crippen LogP contribution in [0.4, 0.5) is 10.8 Å². The van der Waals surface area contributed by atoms with E-state index >= 15 is 0 Å². The Morgan fingerprint density at radius 1 is 1.19 bits per heavy atom. The van der Waals surface area contributed by atoms with E-state index in [2.05, 4.69) is 15.5 Å². The highest BCUT2D eigenvalue weighted by molar-refractivity contribution is 8.00. The summed E-state index contributed by atoms with van der Waals surface area (Å²) < 4.78 is 6.02. The molecule has 1 heterocycles. The molecule has 0 saturated heterocycles. The number of rotatable bonds is 8. The first-order valence-electron chi connectivity index (χ1n) is 7.77. The Labute approximate surface area is 162 Å². The Kier molecular flexibility index (Phi) is 6.34. The number of anilines is 1. The van der Waals surface area contributed by atoms with E-state index in [9.17, 15) is 14.9 Å². The van der Waals surface area contributed by atoms with Crippen LogP contribution in [0.3, 0.4) is 0 Å². The number of carbonyl (C=O) groups is 1. The number of hydrogen-bond acceptors (Lipinski definition) is 8. The molecule has 1 aromatic heterocycles. The van der Waals surface area contributed by atoms with Crippen molar-refractivity contribution >= 4 is 39.8 Å². The van der Waals surface area contributed by atoms with Gasteiger partial charge in [-0.15, -0.1) is 10.2 Å². The highest BCUT2D eigenvalue weighted by Crippen LogP contribution is 2.28. The Hall–Kier alpha value is -2.98. The lowest BCUT2D eigenvalue weighted by atomic mass is 10.2. The zero-order valence-electron chi connectivity index (χ0n) is 13.9. The Bertz CT molecular complexity index is 933. The van der Waals surface area contributed by atoms with Gasteiger partial charge in [-0.3, -0.25) is 20.2 Å². The molecule has 0 aliphatic heterocycles. The summed E-state index contributed by atoms with van der Waals surface area (Å²) in [5, 5.41) is 21.7. The van der Waals surface area contributed by atoms with Crippen LogP contribution in [0, 0.1) is 10.1 Å². The van der Waals surface area contributed by atoms with Crippen LogP contribution in [-0.4, -0.2) is 27.6 Å². The predicted molar refractivity (Wildman–Crippen MR) is 103 cm³/mol. The molecule has 2 aromatic carbocycles. The molecule has 0 bridgehead atoms. The lowest BCUT2D eigenvalue weighted by Gasteiger charge is -2.05. The summed E-state index contributed by atoms with van der Waals surface area (Å²) in [6, 6.07) is 15.6. The minimum Gasteiger partial charge on any atom is -0.484 e. The van der Waals surface area contributed by atoms with E-state index in [-0.39, 0.29) is 18.0 Å². The molecule has 1 amide bonds. The van der Waals surface area contributed by atoms with Crippen molar-refractivity contribution in [1.82, 2.24) is 10.2 Å². The molecule has 0 aliphatic carbocycles. The standard InChI is InChI=1S/C17H14N4O4S2/c22-15(10-25-14-8-4-7-13(9-14)21(23)24)18-16-19-20-17(27-16)26-11-12-5-2-1-3-6-12/h1-9H,10-11H2,(H,18,19,22). The molecule has 0 unspecified atom stereocenters. The zero-order chi connectivity index (χ0) is 19.1. The van der Waals surface area contributed by atoms with E-state index in [1.807, 2.05) is 30.3 Å². The maximum absolute atomic E-state index is 12.0. The van der Waals surface area contributed by atoms with Crippen molar-refractivity contribution in [1.29, 1.82) is 0 Å². The van der Waals surface area contributed by atoms with Crippen molar-refractivity contribution in [3.8, 4) is 5.75 Å². The molecule has 0 atom stereocenters. The number of carbonyl (C=O) groups excluding carboxylic acids is 1. The Morgan fingerprint density at radius 2 is 2.00 bits per heavy atom. The molecular formula is C17H14N4O4S2. The summed E-state index contributed by atoms with van der Waals surface area (Å²) in [5.41, 5.74) is 1.07. The summed E-state index contributed by atoms with van der Waals surface area (Å²) >= 11 is 2.81. The average Bonchev–Trinajstić information content (AvgIpc) is 3.13. The second-order valence-corrected chi connectivity index (χ2v) is 7.44. The molecule has 0 fully saturated rings. The lowest BCUT2D eigenvalue weighted by Crippen LogP contribution is -2.20. The van der Waals surface area contributed by atoms with Gasteiger partial charge in [-0.2, -0.15) is 0 Å². The summed E-state index contributed by atoms with van der Waals surface area (Å²) in [6.45, 7) is -0.284. The van der Waals surface area contributed by atoms with Gasteiger partial charge in [0.1, 0.15) is 5.75 Å². The van der Waals surface area contributed by atoms with Crippen molar-refractivity contribution < 1.29 is 14.5 Å². The van der Waals surface area contributed by atoms with Crippen LogP contribution in [0.25, 0.3) is 0 Å². The molecule has 3 rings (SSSR count). The van der Waals surface area contributed by atoms with Gasteiger partial charge in [0, 0.05) is 11.8 Å². The van der Waals surface area contributed by atoms with Gasteiger partial charge in [0.15, 0.2) is 10.9 Å². The van der Waals surface area contributed by atoms with Gasteiger partial charge in [-0.25, -0.2) is 0 Å². The molecule has 3 aromatic rings. The molecule has 10 heteroatoms. The summed E-state index contributed by atoms with van der Waals surface area (Å²) in [5.74, 6) is 0.590. The predicted octanol–water partition coefficient (Wildman–Crippen LogP) is 3.76. The van der Waals surface area contributed by atoms with Crippen molar-refractivity contribution in [2.24, 2.45) is 0 Å². The highest BCUT2D eigenvalue weighted by atomic mass is 32.2. The number of amides is 1. The lowest BCUT2D eigenvalue weighted by molar-refractivity contribution is -0.384. The third-order valence-electron chi connectivity index (χ3n) is 3.26. The Morgan fingerprint density at radius 3 is 2.78 bits per heavy atom. The monoisotopic (exact) mass is 402 g/mol. The minimum atomic E-state index is -0.525. The molecular weight excluding hydrogens is 388 g/mol. The maximum atomic E-state index is 12.0. The smallest absolute Gasteiger partial charge is 0.273 e. The third kappa shape index (κ3) is 5.76. The van der Waals surface area contributed by atoms with Crippen LogP contribution in [0.2, 0.25) is 0 Å². The van der Waals surface area contributed by atoms with E-state index in [1.165, 1.54) is 46.9 Å². The SMILES string of the molecule is O=C(COc1cccc([N+](=O)[O-])c1)Nc1nnc(SCc2ccccc2)s1. The normalized spacial score (nSPS) is 10.4. The topological polar surface area (TPSA) is 107 Å². The number of nitrogens with one attached hydrogen (secondary N) is 1. The number of nitro benzene ring substituents is 1. The number of non-ortho nitro benzene ring substituents is 1. The molecule has 0 saturated carbocycles. The summed E-state index contributed by atoms with van der Waals surface area (Å²) in [7, 11) is 0. The minimum absolute atomic E-state index is 0.0999. The number of aromatic nitrogens is 2. The highest BCUT2D eigenvalue weighted by Gasteiger charge is 2.11. The van der Waals surface area contributed by atoms with Gasteiger partial charge in [-0.05, 0) is 11.6 Å². The van der Waals surface area contributed by atoms with Gasteiger partial charge in [-0.1, -0.05) is 59.5 Å². The summed E-state index contributed by atoms with van der Waals surface area (Å²) in [4.78, 5) is 22.2. The van der Waals surface area contributed by atoms with Crippen LogP contribution >= 0.6 is 23.1 Å². The van der Waals surface area contributed by atoms with E-state index in [0.717, 1.165) is 10.1 Å². The fourth-order valence-electron chi connectivity index (χ4n) is 2.03. The van der Waals surface area contributed by atoms with Gasteiger partial charge < -0.3 is 4.74 Å². The quantitative estimate of drug-likeness (QED) is 0.264. The second-order valence-electron chi connectivity index (χ2n) is 5.24. The van der Waals surface area contributed by atoms with Crippen LogP contribution in [0.1, 0.15) is 5.56 Å². The van der Waals surface area contributed by atoms with E-state index in [0.29, 0.717) is 5.13 Å². The van der Waals surface area contributed by atoms with Gasteiger partial charge >= 0.3 is 0 Å². The maximum Gasteiger partial charge on any atom is 0.273 e. The van der Waals surface area contributed by atoms with Crippen molar-refractivity contribution in [3.05, 3.63) is 70.3 Å². The number of ether oxygens (including phenoxy) is 1. The Balaban J connectivity index is 1.47. The fraction of sp³-hybridized carbons (Fsp3) is 0.118. The first-order chi connectivity index (χ1) is 13.1. The van der Waals surface area contributed by atoms with E-state index in [1.54, 1.807) is 6.07 Å². The second kappa shape index (κ2) is 9.10. The van der Waals surface area contributed by atoms with Crippen LogP contribution in [0.15, 0.2) is 58.9 Å². The van der Waals surface area contributed by atoms with Crippen molar-refractivity contribution in [2.75, 3.05) is 11.9 Å². The third-order valence-corrected chi connectivity index (χ3v) is 5.30. The first kappa shape index (κ1) is 18.8.